The molecule has 2 N–H and O–H groups in total. The number of nitrogens with one attached hydrogen (secondary N) is 2. The van der Waals surface area contributed by atoms with Crippen molar-refractivity contribution in [1.82, 2.24) is 10.6 Å². The first-order chi connectivity index (χ1) is 12.2. The van der Waals surface area contributed by atoms with Gasteiger partial charge in [0.2, 0.25) is 0 Å². The summed E-state index contributed by atoms with van der Waals surface area (Å²) in [5.41, 5.74) is 1.73. The average Bonchev–Trinajstić information content (AvgIpc) is 3.31. The molecule has 0 amide bonds. The van der Waals surface area contributed by atoms with Gasteiger partial charge in [0.05, 0.1) is 6.10 Å². The molecule has 5 heteroatoms. The molecule has 4 nitrogen and oxygen atoms in total. The van der Waals surface area contributed by atoms with Gasteiger partial charge in [-0.2, -0.15) is 0 Å². The summed E-state index contributed by atoms with van der Waals surface area (Å²) in [6.45, 7) is 4.10. The molecular formula is C21H32IN3O. The quantitative estimate of drug-likeness (QED) is 0.399. The van der Waals surface area contributed by atoms with Crippen LogP contribution in [0.15, 0.2) is 35.3 Å². The lowest BCUT2D eigenvalue weighted by molar-refractivity contribution is -0.125. The van der Waals surface area contributed by atoms with Crippen LogP contribution in [0, 0.1) is 11.3 Å². The van der Waals surface area contributed by atoms with Crippen LogP contribution in [-0.2, 0) is 4.74 Å². The Morgan fingerprint density at radius 1 is 1.27 bits per heavy atom. The Bertz CT molecular complexity index is 615. The minimum atomic E-state index is 0. The van der Waals surface area contributed by atoms with Crippen LogP contribution in [0.5, 0.6) is 0 Å². The van der Waals surface area contributed by atoms with Crippen LogP contribution in [-0.4, -0.2) is 38.3 Å². The molecule has 1 aromatic rings. The van der Waals surface area contributed by atoms with Crippen molar-refractivity contribution in [2.45, 2.75) is 57.1 Å². The molecule has 3 aliphatic rings. The standard InChI is InChI=1S/C21H31N3O.HI/c1-15(16-8-4-3-5-9-16)14-23-20(22-2)24-18-17-10-13-25-19(17)21(18)11-6-7-12-21;/h3-5,8-9,15,17-19H,6-7,10-14H2,1-2H3,(H2,22,23,24);1H. The third-order valence-corrected chi connectivity index (χ3v) is 6.75. The highest BCUT2D eigenvalue weighted by molar-refractivity contribution is 14.0. The fourth-order valence-electron chi connectivity index (χ4n) is 5.40. The van der Waals surface area contributed by atoms with Crippen molar-refractivity contribution in [3.8, 4) is 0 Å². The molecular weight excluding hydrogens is 437 g/mol. The Labute approximate surface area is 174 Å². The maximum absolute atomic E-state index is 6.09. The number of nitrogens with zero attached hydrogens (tertiary/aromatic N) is 1. The van der Waals surface area contributed by atoms with Crippen molar-refractivity contribution >= 4 is 29.9 Å². The summed E-state index contributed by atoms with van der Waals surface area (Å²) in [6, 6.07) is 11.2. The van der Waals surface area contributed by atoms with Gasteiger partial charge in [-0.3, -0.25) is 4.99 Å². The van der Waals surface area contributed by atoms with Crippen LogP contribution in [0.3, 0.4) is 0 Å². The van der Waals surface area contributed by atoms with Gasteiger partial charge in [0.15, 0.2) is 5.96 Å². The number of halogens is 1. The van der Waals surface area contributed by atoms with E-state index in [1.165, 1.54) is 37.7 Å². The van der Waals surface area contributed by atoms with Crippen molar-refractivity contribution in [2.75, 3.05) is 20.2 Å². The molecule has 3 fully saturated rings. The number of ether oxygens (including phenoxy) is 1. The molecule has 0 bridgehead atoms. The van der Waals surface area contributed by atoms with Gasteiger partial charge in [0.25, 0.3) is 0 Å². The van der Waals surface area contributed by atoms with Gasteiger partial charge < -0.3 is 15.4 Å². The lowest BCUT2D eigenvalue weighted by Gasteiger charge is -2.57. The third-order valence-electron chi connectivity index (χ3n) is 6.75. The van der Waals surface area contributed by atoms with E-state index in [0.29, 0.717) is 29.4 Å². The largest absolute Gasteiger partial charge is 0.377 e. The fourth-order valence-corrected chi connectivity index (χ4v) is 5.40. The lowest BCUT2D eigenvalue weighted by atomic mass is 9.54. The van der Waals surface area contributed by atoms with E-state index >= 15 is 0 Å². The van der Waals surface area contributed by atoms with E-state index in [1.807, 2.05) is 7.05 Å². The molecule has 4 rings (SSSR count). The molecule has 1 aliphatic heterocycles. The average molecular weight is 469 g/mol. The minimum Gasteiger partial charge on any atom is -0.377 e. The molecule has 2 aliphatic carbocycles. The summed E-state index contributed by atoms with van der Waals surface area (Å²) < 4.78 is 6.09. The van der Waals surface area contributed by atoms with Crippen LogP contribution in [0.25, 0.3) is 0 Å². The maximum atomic E-state index is 6.09. The zero-order valence-corrected chi connectivity index (χ0v) is 18.2. The molecule has 4 unspecified atom stereocenters. The fraction of sp³-hybridized carbons (Fsp3) is 0.667. The van der Waals surface area contributed by atoms with Crippen molar-refractivity contribution in [1.29, 1.82) is 0 Å². The SMILES string of the molecule is CN=C(NCC(C)c1ccccc1)NC1C2CCOC2C12CCCC2.I. The van der Waals surface area contributed by atoms with E-state index in [2.05, 4.69) is 52.9 Å². The van der Waals surface area contributed by atoms with Crippen LogP contribution in [0.4, 0.5) is 0 Å². The number of rotatable bonds is 4. The van der Waals surface area contributed by atoms with Crippen LogP contribution < -0.4 is 10.6 Å². The van der Waals surface area contributed by atoms with Crippen molar-refractivity contribution in [3.05, 3.63) is 35.9 Å². The van der Waals surface area contributed by atoms with Crippen molar-refractivity contribution in [3.63, 3.8) is 0 Å². The highest BCUT2D eigenvalue weighted by Crippen LogP contribution is 2.60. The molecule has 1 saturated heterocycles. The smallest absolute Gasteiger partial charge is 0.191 e. The zero-order chi connectivity index (χ0) is 17.3. The van der Waals surface area contributed by atoms with Crippen LogP contribution in [0.2, 0.25) is 0 Å². The first kappa shape index (κ1) is 19.9. The number of aliphatic imine (C=N–C) groups is 1. The molecule has 1 aromatic carbocycles. The van der Waals surface area contributed by atoms with Gasteiger partial charge in [-0.25, -0.2) is 0 Å². The second kappa shape index (κ2) is 8.46. The Morgan fingerprint density at radius 2 is 2.00 bits per heavy atom. The summed E-state index contributed by atoms with van der Waals surface area (Å²) in [5, 5.41) is 7.32. The molecule has 1 spiro atoms. The van der Waals surface area contributed by atoms with Gasteiger partial charge in [-0.05, 0) is 30.7 Å². The molecule has 0 aromatic heterocycles. The molecule has 1 heterocycles. The third kappa shape index (κ3) is 3.49. The minimum absolute atomic E-state index is 0. The molecule has 2 saturated carbocycles. The number of fused-ring (bicyclic) bond motifs is 2. The first-order valence-corrected chi connectivity index (χ1v) is 9.88. The summed E-state index contributed by atoms with van der Waals surface area (Å²) in [6.07, 6.45) is 7.01. The van der Waals surface area contributed by atoms with E-state index < -0.39 is 0 Å². The summed E-state index contributed by atoms with van der Waals surface area (Å²) >= 11 is 0. The molecule has 0 radical (unpaired) electrons. The Kier molecular flexibility index (Phi) is 6.49. The van der Waals surface area contributed by atoms with Gasteiger partial charge in [-0.1, -0.05) is 50.1 Å². The van der Waals surface area contributed by atoms with Gasteiger partial charge >= 0.3 is 0 Å². The summed E-state index contributed by atoms with van der Waals surface area (Å²) in [7, 11) is 1.88. The number of benzene rings is 1. The monoisotopic (exact) mass is 469 g/mol. The van der Waals surface area contributed by atoms with E-state index in [0.717, 1.165) is 19.1 Å². The second-order valence-corrected chi connectivity index (χ2v) is 8.07. The normalized spacial score (nSPS) is 30.2. The summed E-state index contributed by atoms with van der Waals surface area (Å²) in [5.74, 6) is 2.08. The Hall–Kier alpha value is -0.820. The lowest BCUT2D eigenvalue weighted by Crippen LogP contribution is -2.69. The topological polar surface area (TPSA) is 45.7 Å². The molecule has 26 heavy (non-hydrogen) atoms. The predicted octanol–water partition coefficient (Wildman–Crippen LogP) is 3.92. The number of guanidine groups is 1. The number of hydrogen-bond donors (Lipinski definition) is 2. The highest BCUT2D eigenvalue weighted by Gasteiger charge is 2.65. The van der Waals surface area contributed by atoms with Crippen molar-refractivity contribution < 1.29 is 4.74 Å². The number of hydrogen-bond acceptors (Lipinski definition) is 2. The highest BCUT2D eigenvalue weighted by atomic mass is 127. The van der Waals surface area contributed by atoms with Gasteiger partial charge in [-0.15, -0.1) is 24.0 Å². The summed E-state index contributed by atoms with van der Waals surface area (Å²) in [4.78, 5) is 4.50. The van der Waals surface area contributed by atoms with E-state index in [9.17, 15) is 0 Å². The Balaban J connectivity index is 0.00000196. The Morgan fingerprint density at radius 3 is 2.69 bits per heavy atom. The van der Waals surface area contributed by atoms with E-state index in [4.69, 9.17) is 4.74 Å². The van der Waals surface area contributed by atoms with Crippen molar-refractivity contribution in [2.24, 2.45) is 16.3 Å². The second-order valence-electron chi connectivity index (χ2n) is 8.07. The van der Waals surface area contributed by atoms with Crippen LogP contribution >= 0.6 is 24.0 Å². The molecule has 144 valence electrons. The van der Waals surface area contributed by atoms with Gasteiger partial charge in [0, 0.05) is 37.6 Å². The van der Waals surface area contributed by atoms with E-state index in [1.54, 1.807) is 0 Å². The first-order valence-electron chi connectivity index (χ1n) is 9.88. The van der Waals surface area contributed by atoms with Crippen LogP contribution in [0.1, 0.15) is 50.5 Å². The maximum Gasteiger partial charge on any atom is 0.191 e. The van der Waals surface area contributed by atoms with Gasteiger partial charge in [0.1, 0.15) is 0 Å². The molecule has 4 atom stereocenters. The predicted molar refractivity (Wildman–Crippen MR) is 117 cm³/mol. The van der Waals surface area contributed by atoms with E-state index in [-0.39, 0.29) is 24.0 Å². The zero-order valence-electron chi connectivity index (χ0n) is 15.9.